The first kappa shape index (κ1) is 12.0. The molecule has 0 amide bonds. The third-order valence-corrected chi connectivity index (χ3v) is 3.28. The van der Waals surface area contributed by atoms with Crippen LogP contribution in [-0.4, -0.2) is 25.1 Å². The van der Waals surface area contributed by atoms with Crippen LogP contribution < -0.4 is 4.84 Å². The summed E-state index contributed by atoms with van der Waals surface area (Å²) in [4.78, 5) is 15.4. The van der Waals surface area contributed by atoms with Gasteiger partial charge in [0.05, 0.1) is 5.39 Å². The molecule has 0 spiro atoms. The number of benzene rings is 1. The van der Waals surface area contributed by atoms with Crippen LogP contribution in [0.3, 0.4) is 0 Å². The lowest BCUT2D eigenvalue weighted by Gasteiger charge is -2.06. The van der Waals surface area contributed by atoms with E-state index in [1.165, 1.54) is 4.85 Å². The molecule has 0 atom stereocenters. The van der Waals surface area contributed by atoms with Gasteiger partial charge in [-0.3, -0.25) is 0 Å². The molecule has 0 N–H and O–H groups in total. The molecule has 6 nitrogen and oxygen atoms in total. The zero-order valence-electron chi connectivity index (χ0n) is 10.6. The maximum absolute atomic E-state index is 5.94. The van der Waals surface area contributed by atoms with Crippen molar-refractivity contribution in [3.05, 3.63) is 53.9 Å². The highest BCUT2D eigenvalue weighted by atomic mass is 35.5. The molecule has 0 bridgehead atoms. The fourth-order valence-electron chi connectivity index (χ4n) is 2.08. The molecular formula is C14H8ClN5O. The predicted molar refractivity (Wildman–Crippen MR) is 78.1 cm³/mol. The number of aromatic nitrogens is 5. The molecule has 0 unspecified atom stereocenters. The van der Waals surface area contributed by atoms with E-state index in [0.29, 0.717) is 11.0 Å². The SMILES string of the molecule is Clc1cc2c(On3nnc4ccccc43)nccc2cn1. The number of para-hydroxylation sites is 1. The van der Waals surface area contributed by atoms with Crippen molar-refractivity contribution in [3.8, 4) is 5.88 Å². The van der Waals surface area contributed by atoms with Crippen molar-refractivity contribution in [2.24, 2.45) is 0 Å². The first-order valence-electron chi connectivity index (χ1n) is 6.20. The second kappa shape index (κ2) is 4.68. The van der Waals surface area contributed by atoms with Crippen LogP contribution in [0, 0.1) is 0 Å². The first-order valence-corrected chi connectivity index (χ1v) is 6.58. The van der Waals surface area contributed by atoms with Crippen LogP contribution in [0.2, 0.25) is 5.15 Å². The van der Waals surface area contributed by atoms with Crippen molar-refractivity contribution in [2.75, 3.05) is 0 Å². The van der Waals surface area contributed by atoms with Crippen molar-refractivity contribution in [1.82, 2.24) is 25.1 Å². The maximum Gasteiger partial charge on any atom is 0.256 e. The quantitative estimate of drug-likeness (QED) is 0.532. The average molecular weight is 298 g/mol. The lowest BCUT2D eigenvalue weighted by molar-refractivity contribution is 0.179. The molecule has 0 aliphatic carbocycles. The van der Waals surface area contributed by atoms with Gasteiger partial charge in [0, 0.05) is 17.8 Å². The minimum absolute atomic E-state index is 0.379. The van der Waals surface area contributed by atoms with Gasteiger partial charge < -0.3 is 4.84 Å². The summed E-state index contributed by atoms with van der Waals surface area (Å²) in [6, 6.07) is 11.1. The summed E-state index contributed by atoms with van der Waals surface area (Å²) >= 11 is 5.94. The van der Waals surface area contributed by atoms with Crippen LogP contribution in [0.5, 0.6) is 5.88 Å². The summed E-state index contributed by atoms with van der Waals surface area (Å²) in [5.74, 6) is 0.396. The lowest BCUT2D eigenvalue weighted by atomic mass is 10.2. The Hall–Kier alpha value is -2.73. The number of hydrogen-bond acceptors (Lipinski definition) is 5. The summed E-state index contributed by atoms with van der Waals surface area (Å²) in [6.07, 6.45) is 3.32. The molecule has 1 aromatic carbocycles. The molecule has 4 aromatic rings. The third-order valence-electron chi connectivity index (χ3n) is 3.07. The van der Waals surface area contributed by atoms with Gasteiger partial charge in [-0.1, -0.05) is 28.6 Å². The van der Waals surface area contributed by atoms with Gasteiger partial charge in [-0.15, -0.1) is 5.10 Å². The summed E-state index contributed by atoms with van der Waals surface area (Å²) in [5, 5.41) is 10.0. The van der Waals surface area contributed by atoms with Crippen LogP contribution in [0.1, 0.15) is 0 Å². The van der Waals surface area contributed by atoms with Crippen molar-refractivity contribution in [1.29, 1.82) is 0 Å². The van der Waals surface area contributed by atoms with E-state index < -0.39 is 0 Å². The number of pyridine rings is 2. The van der Waals surface area contributed by atoms with Crippen molar-refractivity contribution >= 4 is 33.4 Å². The molecule has 21 heavy (non-hydrogen) atoms. The molecule has 4 rings (SSSR count). The highest BCUT2D eigenvalue weighted by Crippen LogP contribution is 2.25. The Kier molecular flexibility index (Phi) is 2.68. The van der Waals surface area contributed by atoms with Gasteiger partial charge in [-0.25, -0.2) is 9.97 Å². The number of rotatable bonds is 2. The monoisotopic (exact) mass is 297 g/mol. The molecule has 0 aliphatic rings. The standard InChI is InChI=1S/C14H8ClN5O/c15-13-7-10-9(8-17-13)5-6-16-14(10)21-20-12-4-2-1-3-11(12)18-19-20/h1-8H. The Labute approximate surface area is 123 Å². The van der Waals surface area contributed by atoms with E-state index in [0.717, 1.165) is 21.8 Å². The molecule has 3 heterocycles. The zero-order valence-corrected chi connectivity index (χ0v) is 11.4. The van der Waals surface area contributed by atoms with Crippen LogP contribution in [-0.2, 0) is 0 Å². The summed E-state index contributed by atoms with van der Waals surface area (Å²) in [6.45, 7) is 0. The number of nitrogens with zero attached hydrogens (tertiary/aromatic N) is 5. The van der Waals surface area contributed by atoms with E-state index in [4.69, 9.17) is 16.4 Å². The molecule has 0 aliphatic heterocycles. The van der Waals surface area contributed by atoms with Gasteiger partial charge in [0.2, 0.25) is 0 Å². The van der Waals surface area contributed by atoms with Gasteiger partial charge in [0.25, 0.3) is 5.88 Å². The van der Waals surface area contributed by atoms with E-state index in [2.05, 4.69) is 20.3 Å². The molecule has 0 radical (unpaired) electrons. The van der Waals surface area contributed by atoms with E-state index in [-0.39, 0.29) is 0 Å². The summed E-state index contributed by atoms with van der Waals surface area (Å²) < 4.78 is 0. The molecule has 3 aromatic heterocycles. The van der Waals surface area contributed by atoms with E-state index >= 15 is 0 Å². The largest absolute Gasteiger partial charge is 0.335 e. The number of hydrogen-bond donors (Lipinski definition) is 0. The highest BCUT2D eigenvalue weighted by Gasteiger charge is 2.10. The molecule has 0 saturated carbocycles. The van der Waals surface area contributed by atoms with E-state index in [1.807, 2.05) is 30.3 Å². The topological polar surface area (TPSA) is 65.7 Å². The zero-order chi connectivity index (χ0) is 14.2. The van der Waals surface area contributed by atoms with Gasteiger partial charge in [-0.05, 0) is 29.5 Å². The number of halogens is 1. The molecule has 0 fully saturated rings. The predicted octanol–water partition coefficient (Wildman–Crippen LogP) is 2.87. The smallest absolute Gasteiger partial charge is 0.256 e. The highest BCUT2D eigenvalue weighted by molar-refractivity contribution is 6.30. The van der Waals surface area contributed by atoms with Gasteiger partial charge in [-0.2, -0.15) is 0 Å². The van der Waals surface area contributed by atoms with Crippen molar-refractivity contribution in [2.45, 2.75) is 0 Å². The Morgan fingerprint density at radius 3 is 2.95 bits per heavy atom. The van der Waals surface area contributed by atoms with Gasteiger partial charge in [0.15, 0.2) is 0 Å². The first-order chi connectivity index (χ1) is 10.3. The summed E-state index contributed by atoms with van der Waals surface area (Å²) in [7, 11) is 0. The molecular weight excluding hydrogens is 290 g/mol. The Balaban J connectivity index is 1.86. The van der Waals surface area contributed by atoms with Crippen LogP contribution >= 0.6 is 11.6 Å². The average Bonchev–Trinajstić information content (AvgIpc) is 2.91. The van der Waals surface area contributed by atoms with Crippen molar-refractivity contribution < 1.29 is 4.84 Å². The Bertz CT molecular complexity index is 952. The van der Waals surface area contributed by atoms with Crippen LogP contribution in [0.25, 0.3) is 21.8 Å². The van der Waals surface area contributed by atoms with Crippen LogP contribution in [0.15, 0.2) is 48.8 Å². The molecule has 7 heteroatoms. The van der Waals surface area contributed by atoms with E-state index in [9.17, 15) is 0 Å². The van der Waals surface area contributed by atoms with Crippen LogP contribution in [0.4, 0.5) is 0 Å². The number of fused-ring (bicyclic) bond motifs is 2. The molecule has 0 saturated heterocycles. The van der Waals surface area contributed by atoms with Gasteiger partial charge >= 0.3 is 0 Å². The van der Waals surface area contributed by atoms with E-state index in [1.54, 1.807) is 18.5 Å². The Morgan fingerprint density at radius 2 is 2.00 bits per heavy atom. The minimum Gasteiger partial charge on any atom is -0.335 e. The maximum atomic E-state index is 5.94. The second-order valence-corrected chi connectivity index (χ2v) is 4.77. The fraction of sp³-hybridized carbons (Fsp3) is 0. The Morgan fingerprint density at radius 1 is 1.10 bits per heavy atom. The third kappa shape index (κ3) is 2.05. The second-order valence-electron chi connectivity index (χ2n) is 4.39. The summed E-state index contributed by atoms with van der Waals surface area (Å²) in [5.41, 5.74) is 1.51. The normalized spacial score (nSPS) is 11.1. The van der Waals surface area contributed by atoms with Gasteiger partial charge in [0.1, 0.15) is 16.2 Å². The van der Waals surface area contributed by atoms with Crippen molar-refractivity contribution in [3.63, 3.8) is 0 Å². The minimum atomic E-state index is 0.379. The fourth-order valence-corrected chi connectivity index (χ4v) is 2.24. The molecule has 102 valence electrons. The lowest BCUT2D eigenvalue weighted by Crippen LogP contribution is -2.08.